The Labute approximate surface area is 287 Å². The summed E-state index contributed by atoms with van der Waals surface area (Å²) in [6, 6.07) is 60.6. The largest absolute Gasteiger partial charge is 0.228 e. The van der Waals surface area contributed by atoms with E-state index in [9.17, 15) is 0 Å². The first kappa shape index (κ1) is 29.1. The molecule has 8 aromatic rings. The van der Waals surface area contributed by atoms with Gasteiger partial charge in [0.1, 0.15) is 0 Å². The summed E-state index contributed by atoms with van der Waals surface area (Å²) in [5, 5.41) is 2.54. The molecule has 7 aromatic carbocycles. The van der Waals surface area contributed by atoms with Gasteiger partial charge in [0.2, 0.25) is 0 Å². The van der Waals surface area contributed by atoms with Gasteiger partial charge in [-0.3, -0.25) is 0 Å². The lowest BCUT2D eigenvalue weighted by molar-refractivity contribution is 0.661. The normalized spacial score (nSPS) is 12.9. The van der Waals surface area contributed by atoms with E-state index < -0.39 is 0 Å². The minimum atomic E-state index is -0.117. The highest BCUT2D eigenvalue weighted by Gasteiger charge is 2.37. The fourth-order valence-corrected chi connectivity index (χ4v) is 7.55. The van der Waals surface area contributed by atoms with Gasteiger partial charge in [0, 0.05) is 22.1 Å². The van der Waals surface area contributed by atoms with Crippen molar-refractivity contribution in [2.75, 3.05) is 0 Å². The second kappa shape index (κ2) is 11.5. The Balaban J connectivity index is 1.23. The average molecular weight is 627 g/mol. The summed E-state index contributed by atoms with van der Waals surface area (Å²) >= 11 is 0. The zero-order valence-corrected chi connectivity index (χ0v) is 27.6. The van der Waals surface area contributed by atoms with Crippen molar-refractivity contribution in [1.82, 2.24) is 9.97 Å². The highest BCUT2D eigenvalue weighted by molar-refractivity contribution is 6.00. The second-order valence-electron chi connectivity index (χ2n) is 13.4. The molecule has 1 aliphatic rings. The number of hydrogen-bond donors (Lipinski definition) is 0. The van der Waals surface area contributed by atoms with E-state index in [0.29, 0.717) is 5.82 Å². The van der Waals surface area contributed by atoms with Gasteiger partial charge in [-0.2, -0.15) is 0 Å². The van der Waals surface area contributed by atoms with Crippen molar-refractivity contribution in [3.8, 4) is 67.3 Å². The fraction of sp³-hybridized carbons (Fsp3) is 0.0638. The average Bonchev–Trinajstić information content (AvgIpc) is 3.39. The van der Waals surface area contributed by atoms with Crippen molar-refractivity contribution in [1.29, 1.82) is 0 Å². The van der Waals surface area contributed by atoms with E-state index in [2.05, 4.69) is 166 Å². The van der Waals surface area contributed by atoms with Crippen molar-refractivity contribution >= 4 is 10.8 Å². The molecule has 0 bridgehead atoms. The summed E-state index contributed by atoms with van der Waals surface area (Å²) in [4.78, 5) is 10.4. The lowest BCUT2D eigenvalue weighted by Crippen LogP contribution is -2.14. The zero-order chi connectivity index (χ0) is 33.0. The highest BCUT2D eigenvalue weighted by Crippen LogP contribution is 2.54. The lowest BCUT2D eigenvalue weighted by Gasteiger charge is -2.22. The number of nitrogens with zero attached hydrogens (tertiary/aromatic N) is 2. The van der Waals surface area contributed by atoms with Crippen molar-refractivity contribution in [2.24, 2.45) is 0 Å². The van der Waals surface area contributed by atoms with Crippen LogP contribution in [0.2, 0.25) is 0 Å². The molecule has 2 nitrogen and oxygen atoms in total. The van der Waals surface area contributed by atoms with Crippen LogP contribution in [0.25, 0.3) is 78.1 Å². The summed E-state index contributed by atoms with van der Waals surface area (Å²) in [5.74, 6) is 0.714. The zero-order valence-electron chi connectivity index (χ0n) is 27.6. The van der Waals surface area contributed by atoms with Gasteiger partial charge in [-0.15, -0.1) is 0 Å². The third kappa shape index (κ3) is 4.96. The van der Waals surface area contributed by atoms with E-state index in [1.165, 1.54) is 55.3 Å². The molecule has 2 heteroatoms. The molecule has 0 spiro atoms. The molecule has 1 aromatic heterocycles. The van der Waals surface area contributed by atoms with Crippen LogP contribution in [-0.4, -0.2) is 9.97 Å². The maximum Gasteiger partial charge on any atom is 0.160 e. The van der Waals surface area contributed by atoms with E-state index in [1.54, 1.807) is 0 Å². The third-order valence-corrected chi connectivity index (χ3v) is 10.1. The molecule has 49 heavy (non-hydrogen) atoms. The molecule has 0 aliphatic heterocycles. The van der Waals surface area contributed by atoms with Crippen molar-refractivity contribution in [3.63, 3.8) is 0 Å². The second-order valence-corrected chi connectivity index (χ2v) is 13.4. The maximum atomic E-state index is 5.25. The number of fused-ring (bicyclic) bond motifs is 4. The van der Waals surface area contributed by atoms with Gasteiger partial charge < -0.3 is 0 Å². The molecule has 0 saturated carbocycles. The number of aromatic nitrogens is 2. The van der Waals surface area contributed by atoms with Crippen LogP contribution < -0.4 is 0 Å². The van der Waals surface area contributed by atoms with Crippen LogP contribution >= 0.6 is 0 Å². The smallest absolute Gasteiger partial charge is 0.160 e. The van der Waals surface area contributed by atoms with Crippen LogP contribution in [0.5, 0.6) is 0 Å². The maximum absolute atomic E-state index is 5.25. The molecule has 9 rings (SSSR count). The first-order chi connectivity index (χ1) is 24.0. The Morgan fingerprint density at radius 1 is 0.367 bits per heavy atom. The van der Waals surface area contributed by atoms with Crippen molar-refractivity contribution in [2.45, 2.75) is 19.3 Å². The molecule has 0 radical (unpaired) electrons. The Hall–Kier alpha value is -6.12. The summed E-state index contributed by atoms with van der Waals surface area (Å²) < 4.78 is 0. The molecule has 0 atom stereocenters. The molecule has 0 fully saturated rings. The topological polar surface area (TPSA) is 25.8 Å². The molecule has 0 amide bonds. The standard InChI is InChI=1S/C47H34N2/c1-47(2)41-23-13-22-39(45(41)40-28-35-18-9-10-19-36(35)29-42(40)47)37-20-11-12-21-38(37)44-30-43(48-46(49-44)34-16-7-4-8-17-34)33-26-24-32(25-27-33)31-14-5-3-6-15-31/h3-30H,1-2H3. The minimum Gasteiger partial charge on any atom is -0.228 e. The van der Waals surface area contributed by atoms with Crippen LogP contribution in [0.15, 0.2) is 170 Å². The third-order valence-electron chi connectivity index (χ3n) is 10.1. The van der Waals surface area contributed by atoms with E-state index in [1.807, 2.05) is 18.2 Å². The van der Waals surface area contributed by atoms with E-state index >= 15 is 0 Å². The van der Waals surface area contributed by atoms with E-state index in [-0.39, 0.29) is 5.41 Å². The highest BCUT2D eigenvalue weighted by atomic mass is 14.9. The van der Waals surface area contributed by atoms with E-state index in [4.69, 9.17) is 9.97 Å². The first-order valence-electron chi connectivity index (χ1n) is 16.9. The molecule has 0 N–H and O–H groups in total. The molecule has 0 unspecified atom stereocenters. The van der Waals surface area contributed by atoms with Crippen LogP contribution in [0.4, 0.5) is 0 Å². The van der Waals surface area contributed by atoms with Gasteiger partial charge in [0.15, 0.2) is 5.82 Å². The number of hydrogen-bond acceptors (Lipinski definition) is 2. The molecular weight excluding hydrogens is 593 g/mol. The Morgan fingerprint density at radius 3 is 1.65 bits per heavy atom. The van der Waals surface area contributed by atoms with Crippen LogP contribution in [0.3, 0.4) is 0 Å². The summed E-state index contributed by atoms with van der Waals surface area (Å²) in [5.41, 5.74) is 15.0. The van der Waals surface area contributed by atoms with Gasteiger partial charge in [0.25, 0.3) is 0 Å². The van der Waals surface area contributed by atoms with Gasteiger partial charge in [-0.05, 0) is 73.5 Å². The molecule has 1 heterocycles. The molecule has 232 valence electrons. The van der Waals surface area contributed by atoms with Crippen molar-refractivity contribution in [3.05, 3.63) is 181 Å². The Morgan fingerprint density at radius 2 is 0.918 bits per heavy atom. The SMILES string of the molecule is CC1(C)c2cc3ccccc3cc2-c2c(-c3ccccc3-c3cc(-c4ccc(-c5ccccc5)cc4)nc(-c4ccccc4)n3)cccc21. The van der Waals surface area contributed by atoms with Gasteiger partial charge in [0.05, 0.1) is 11.4 Å². The summed E-state index contributed by atoms with van der Waals surface area (Å²) in [7, 11) is 0. The molecule has 0 saturated heterocycles. The monoisotopic (exact) mass is 626 g/mol. The van der Waals surface area contributed by atoms with E-state index in [0.717, 1.165) is 28.1 Å². The minimum absolute atomic E-state index is 0.117. The van der Waals surface area contributed by atoms with Crippen molar-refractivity contribution < 1.29 is 0 Å². The predicted molar refractivity (Wildman–Crippen MR) is 204 cm³/mol. The first-order valence-corrected chi connectivity index (χ1v) is 16.9. The van der Waals surface area contributed by atoms with Gasteiger partial charge in [-0.25, -0.2) is 9.97 Å². The lowest BCUT2D eigenvalue weighted by atomic mass is 9.81. The fourth-order valence-electron chi connectivity index (χ4n) is 7.55. The van der Waals surface area contributed by atoms with Gasteiger partial charge >= 0.3 is 0 Å². The van der Waals surface area contributed by atoms with Gasteiger partial charge in [-0.1, -0.05) is 166 Å². The Kier molecular flexibility index (Phi) is 6.84. The van der Waals surface area contributed by atoms with Crippen LogP contribution in [0, 0.1) is 0 Å². The number of benzene rings is 7. The number of rotatable bonds is 5. The quantitative estimate of drug-likeness (QED) is 0.190. The summed E-state index contributed by atoms with van der Waals surface area (Å²) in [6.07, 6.45) is 0. The molecule has 1 aliphatic carbocycles. The van der Waals surface area contributed by atoms with Crippen LogP contribution in [-0.2, 0) is 5.41 Å². The van der Waals surface area contributed by atoms with Crippen LogP contribution in [0.1, 0.15) is 25.0 Å². The summed E-state index contributed by atoms with van der Waals surface area (Å²) in [6.45, 7) is 4.71. The predicted octanol–water partition coefficient (Wildman–Crippen LogP) is 12.3. The molecular formula is C47H34N2. The Bertz CT molecular complexity index is 2490.